The summed E-state index contributed by atoms with van der Waals surface area (Å²) in [5, 5.41) is 2.54. The zero-order valence-electron chi connectivity index (χ0n) is 11.7. The van der Waals surface area contributed by atoms with Crippen LogP contribution in [0.2, 0.25) is 0 Å². The minimum atomic E-state index is -4.42. The van der Waals surface area contributed by atoms with E-state index in [1.807, 2.05) is 6.26 Å². The molecule has 1 amide bonds. The monoisotopic (exact) mass is 359 g/mol. The fourth-order valence-corrected chi connectivity index (χ4v) is 1.80. The maximum atomic E-state index is 12.0. The van der Waals surface area contributed by atoms with Crippen molar-refractivity contribution in [1.29, 1.82) is 0 Å². The van der Waals surface area contributed by atoms with Crippen LogP contribution in [0, 0.1) is 0 Å². The number of alkyl halides is 3. The number of carbonyl (C=O) groups excluding carboxylic acids is 1. The Balaban J connectivity index is 0.00000441. The minimum Gasteiger partial charge on any atom is -0.468 e. The lowest BCUT2D eigenvalue weighted by atomic mass is 10.2. The lowest BCUT2D eigenvalue weighted by Crippen LogP contribution is -2.36. The van der Waals surface area contributed by atoms with E-state index in [4.69, 9.17) is 5.73 Å². The van der Waals surface area contributed by atoms with Crippen molar-refractivity contribution >= 4 is 35.8 Å². The van der Waals surface area contributed by atoms with Crippen LogP contribution in [0.3, 0.4) is 0 Å². The number of halogens is 4. The second-order valence-corrected chi connectivity index (χ2v) is 5.15. The number of thioether (sulfide) groups is 1. The number of hydrogen-bond donors (Lipinski definition) is 2. The Morgan fingerprint density at radius 2 is 2.18 bits per heavy atom. The Hall–Kier alpha value is -1.19. The van der Waals surface area contributed by atoms with Crippen LogP contribution in [0.4, 0.5) is 18.9 Å². The predicted molar refractivity (Wildman–Crippen MR) is 82.6 cm³/mol. The van der Waals surface area contributed by atoms with E-state index in [0.29, 0.717) is 12.1 Å². The number of nitrogens with zero attached hydrogens (tertiary/aromatic N) is 1. The second-order valence-electron chi connectivity index (χ2n) is 4.17. The summed E-state index contributed by atoms with van der Waals surface area (Å²) < 4.78 is 40.3. The maximum absolute atomic E-state index is 12.0. The molecule has 0 fully saturated rings. The van der Waals surface area contributed by atoms with Gasteiger partial charge in [0, 0.05) is 6.07 Å². The number of hydrogen-bond acceptors (Lipinski definition) is 5. The van der Waals surface area contributed by atoms with Gasteiger partial charge in [-0.2, -0.15) is 24.9 Å². The molecule has 3 N–H and O–H groups in total. The summed E-state index contributed by atoms with van der Waals surface area (Å²) in [6.07, 6.45) is -0.759. The van der Waals surface area contributed by atoms with E-state index in [1.54, 1.807) is 11.8 Å². The molecular weight excluding hydrogens is 343 g/mol. The van der Waals surface area contributed by atoms with Crippen LogP contribution in [0.1, 0.15) is 6.42 Å². The summed E-state index contributed by atoms with van der Waals surface area (Å²) in [6, 6.07) is 2.01. The number of rotatable bonds is 7. The summed E-state index contributed by atoms with van der Waals surface area (Å²) in [6.45, 7) is -1.41. The van der Waals surface area contributed by atoms with Gasteiger partial charge in [-0.3, -0.25) is 4.79 Å². The summed E-state index contributed by atoms with van der Waals surface area (Å²) >= 11 is 1.58. The number of anilines is 1. The third-order valence-electron chi connectivity index (χ3n) is 2.36. The standard InChI is InChI=1S/C12H16F3N3O2S.ClH/c1-21-5-4-9(16)11(19)18-8-2-3-10(17-6-8)20-7-12(13,14)15;/h2-3,6,9H,4-5,7,16H2,1H3,(H,18,19);1H/t9-;/m0./s1. The summed E-state index contributed by atoms with van der Waals surface area (Å²) in [5.41, 5.74) is 6.03. The average molecular weight is 360 g/mol. The lowest BCUT2D eigenvalue weighted by molar-refractivity contribution is -0.154. The van der Waals surface area contributed by atoms with Crippen LogP contribution in [-0.2, 0) is 4.79 Å². The van der Waals surface area contributed by atoms with Gasteiger partial charge in [0.1, 0.15) is 0 Å². The van der Waals surface area contributed by atoms with Crippen LogP contribution in [-0.4, -0.2) is 41.7 Å². The molecular formula is C12H17ClF3N3O2S. The van der Waals surface area contributed by atoms with Gasteiger partial charge in [0.15, 0.2) is 6.61 Å². The molecule has 1 heterocycles. The maximum Gasteiger partial charge on any atom is 0.422 e. The number of aromatic nitrogens is 1. The number of pyridine rings is 1. The molecule has 5 nitrogen and oxygen atoms in total. The first-order valence-corrected chi connectivity index (χ1v) is 7.42. The molecule has 0 spiro atoms. The van der Waals surface area contributed by atoms with Crippen molar-refractivity contribution in [3.05, 3.63) is 18.3 Å². The molecule has 0 bridgehead atoms. The molecule has 10 heteroatoms. The van der Waals surface area contributed by atoms with Gasteiger partial charge in [-0.15, -0.1) is 12.4 Å². The van der Waals surface area contributed by atoms with Crippen molar-refractivity contribution in [1.82, 2.24) is 4.98 Å². The normalized spacial score (nSPS) is 12.2. The molecule has 0 radical (unpaired) electrons. The molecule has 1 rings (SSSR count). The number of nitrogens with two attached hydrogens (primary N) is 1. The molecule has 126 valence electrons. The molecule has 22 heavy (non-hydrogen) atoms. The Kier molecular flexibility index (Phi) is 9.22. The highest BCUT2D eigenvalue weighted by Gasteiger charge is 2.28. The average Bonchev–Trinajstić information content (AvgIpc) is 2.43. The van der Waals surface area contributed by atoms with Gasteiger partial charge in [0.25, 0.3) is 0 Å². The Bertz CT molecular complexity index is 460. The zero-order valence-corrected chi connectivity index (χ0v) is 13.4. The first-order valence-electron chi connectivity index (χ1n) is 6.03. The molecule has 0 aromatic carbocycles. The summed E-state index contributed by atoms with van der Waals surface area (Å²) in [7, 11) is 0. The molecule has 0 aliphatic rings. The van der Waals surface area contributed by atoms with Gasteiger partial charge < -0.3 is 15.8 Å². The van der Waals surface area contributed by atoms with E-state index in [0.717, 1.165) is 5.75 Å². The Labute approximate surface area is 136 Å². The lowest BCUT2D eigenvalue weighted by Gasteiger charge is -2.12. The van der Waals surface area contributed by atoms with E-state index in [-0.39, 0.29) is 24.2 Å². The minimum absolute atomic E-state index is 0. The molecule has 1 aromatic rings. The van der Waals surface area contributed by atoms with E-state index in [2.05, 4.69) is 15.0 Å². The van der Waals surface area contributed by atoms with Crippen LogP contribution < -0.4 is 15.8 Å². The molecule has 0 saturated heterocycles. The fraction of sp³-hybridized carbons (Fsp3) is 0.500. The zero-order chi connectivity index (χ0) is 15.9. The molecule has 0 unspecified atom stereocenters. The van der Waals surface area contributed by atoms with Crippen molar-refractivity contribution in [2.45, 2.75) is 18.6 Å². The molecule has 0 saturated carbocycles. The van der Waals surface area contributed by atoms with E-state index < -0.39 is 18.8 Å². The van der Waals surface area contributed by atoms with Crippen molar-refractivity contribution < 1.29 is 22.7 Å². The van der Waals surface area contributed by atoms with Crippen molar-refractivity contribution in [2.75, 3.05) is 23.9 Å². The van der Waals surface area contributed by atoms with Gasteiger partial charge in [-0.05, 0) is 24.5 Å². The molecule has 0 aliphatic heterocycles. The van der Waals surface area contributed by atoms with E-state index >= 15 is 0 Å². The van der Waals surface area contributed by atoms with Gasteiger partial charge in [0.2, 0.25) is 11.8 Å². The predicted octanol–water partition coefficient (Wildman–Crippen LogP) is 2.46. The highest BCUT2D eigenvalue weighted by atomic mass is 35.5. The van der Waals surface area contributed by atoms with E-state index in [9.17, 15) is 18.0 Å². The number of amides is 1. The topological polar surface area (TPSA) is 77.2 Å². The third kappa shape index (κ3) is 8.30. The van der Waals surface area contributed by atoms with Crippen molar-refractivity contribution in [2.24, 2.45) is 5.73 Å². The van der Waals surface area contributed by atoms with Gasteiger partial charge >= 0.3 is 6.18 Å². The van der Waals surface area contributed by atoms with Crippen LogP contribution in [0.15, 0.2) is 18.3 Å². The third-order valence-corrected chi connectivity index (χ3v) is 3.00. The second kappa shape index (κ2) is 9.75. The molecule has 0 aliphatic carbocycles. The number of carbonyl (C=O) groups is 1. The van der Waals surface area contributed by atoms with Gasteiger partial charge in [0.05, 0.1) is 17.9 Å². The highest BCUT2D eigenvalue weighted by molar-refractivity contribution is 7.98. The highest BCUT2D eigenvalue weighted by Crippen LogP contribution is 2.18. The molecule has 1 atom stereocenters. The quantitative estimate of drug-likeness (QED) is 0.782. The van der Waals surface area contributed by atoms with Gasteiger partial charge in [-0.25, -0.2) is 4.98 Å². The number of ether oxygens (including phenoxy) is 1. The first kappa shape index (κ1) is 20.8. The van der Waals surface area contributed by atoms with Crippen LogP contribution in [0.25, 0.3) is 0 Å². The van der Waals surface area contributed by atoms with Crippen molar-refractivity contribution in [3.63, 3.8) is 0 Å². The van der Waals surface area contributed by atoms with Crippen molar-refractivity contribution in [3.8, 4) is 5.88 Å². The Morgan fingerprint density at radius 3 is 2.68 bits per heavy atom. The Morgan fingerprint density at radius 1 is 1.50 bits per heavy atom. The fourth-order valence-electron chi connectivity index (χ4n) is 1.31. The van der Waals surface area contributed by atoms with Gasteiger partial charge in [-0.1, -0.05) is 0 Å². The SMILES string of the molecule is CSCC[C@H](N)C(=O)Nc1ccc(OCC(F)(F)F)nc1.Cl. The van der Waals surface area contributed by atoms with Crippen LogP contribution in [0.5, 0.6) is 5.88 Å². The summed E-state index contributed by atoms with van der Waals surface area (Å²) in [4.78, 5) is 15.4. The smallest absolute Gasteiger partial charge is 0.422 e. The van der Waals surface area contributed by atoms with Crippen LogP contribution >= 0.6 is 24.2 Å². The number of nitrogens with one attached hydrogen (secondary N) is 1. The largest absolute Gasteiger partial charge is 0.468 e. The molecule has 1 aromatic heterocycles. The first-order chi connectivity index (χ1) is 9.81. The van der Waals surface area contributed by atoms with E-state index in [1.165, 1.54) is 18.3 Å². The summed E-state index contributed by atoms with van der Waals surface area (Å²) in [5.74, 6) is 0.226.